The van der Waals surface area contributed by atoms with Gasteiger partial charge in [-0.05, 0) is 80.4 Å². The van der Waals surface area contributed by atoms with E-state index in [2.05, 4.69) is 10.6 Å². The molecule has 0 radical (unpaired) electrons. The van der Waals surface area contributed by atoms with E-state index in [0.29, 0.717) is 25.1 Å². The molecule has 5 aliphatic rings. The van der Waals surface area contributed by atoms with E-state index in [1.54, 1.807) is 12.1 Å². The van der Waals surface area contributed by atoms with Crippen molar-refractivity contribution in [3.05, 3.63) is 29.8 Å². The summed E-state index contributed by atoms with van der Waals surface area (Å²) in [4.78, 5) is 50.1. The molecule has 1 aromatic rings. The zero-order valence-corrected chi connectivity index (χ0v) is 19.1. The van der Waals surface area contributed by atoms with Gasteiger partial charge in [-0.1, -0.05) is 12.1 Å². The zero-order chi connectivity index (χ0) is 23.0. The van der Waals surface area contributed by atoms with Crippen LogP contribution in [0.5, 0.6) is 0 Å². The van der Waals surface area contributed by atoms with Crippen molar-refractivity contribution < 1.29 is 19.2 Å². The minimum absolute atomic E-state index is 0.0864. The number of carbonyl (C=O) groups excluding carboxylic acids is 4. The lowest BCUT2D eigenvalue weighted by Gasteiger charge is -2.55. The monoisotopic (exact) mass is 451 g/mol. The largest absolute Gasteiger partial charge is 0.356 e. The Morgan fingerprint density at radius 3 is 2.06 bits per heavy atom. The predicted molar refractivity (Wildman–Crippen MR) is 123 cm³/mol. The summed E-state index contributed by atoms with van der Waals surface area (Å²) in [7, 11) is 0. The van der Waals surface area contributed by atoms with Crippen molar-refractivity contribution in [2.45, 2.75) is 70.8 Å². The Balaban J connectivity index is 1.03. The van der Waals surface area contributed by atoms with Gasteiger partial charge in [0.1, 0.15) is 0 Å². The molecule has 2 N–H and O–H groups in total. The molecule has 0 spiro atoms. The van der Waals surface area contributed by atoms with Crippen LogP contribution >= 0.6 is 0 Å². The average Bonchev–Trinajstić information content (AvgIpc) is 3.09. The minimum atomic E-state index is -0.136. The Bertz CT molecular complexity index is 904. The van der Waals surface area contributed by atoms with Gasteiger partial charge in [0.2, 0.25) is 23.6 Å². The molecule has 7 heteroatoms. The summed E-state index contributed by atoms with van der Waals surface area (Å²) < 4.78 is 0. The maximum Gasteiger partial charge on any atom is 0.229 e. The van der Waals surface area contributed by atoms with E-state index in [0.717, 1.165) is 42.6 Å². The molecule has 0 atom stereocenters. The van der Waals surface area contributed by atoms with Gasteiger partial charge in [-0.15, -0.1) is 0 Å². The summed E-state index contributed by atoms with van der Waals surface area (Å²) in [5.74, 6) is 2.10. The van der Waals surface area contributed by atoms with Crippen molar-refractivity contribution in [2.75, 3.05) is 11.9 Å². The number of hydrogen-bond acceptors (Lipinski definition) is 4. The van der Waals surface area contributed by atoms with Crippen LogP contribution in [-0.4, -0.2) is 35.1 Å². The van der Waals surface area contributed by atoms with Crippen LogP contribution in [0.2, 0.25) is 0 Å². The second-order valence-electron chi connectivity index (χ2n) is 10.7. The van der Waals surface area contributed by atoms with Gasteiger partial charge in [0.05, 0.1) is 6.54 Å². The molecule has 0 unspecified atom stereocenters. The summed E-state index contributed by atoms with van der Waals surface area (Å²) in [5, 5.41) is 6.01. The summed E-state index contributed by atoms with van der Waals surface area (Å²) in [6.45, 7) is 0.806. The SMILES string of the molecule is O=C(CCCNC(=O)C12CC3CC(CC(C3)C1)C2)Nc1ccc(CN2C(=O)CCC2=O)cc1. The number of amides is 4. The van der Waals surface area contributed by atoms with Crippen molar-refractivity contribution in [1.29, 1.82) is 0 Å². The molecular formula is C26H33N3O4. The molecule has 1 saturated heterocycles. The highest BCUT2D eigenvalue weighted by atomic mass is 16.2. The molecule has 1 heterocycles. The van der Waals surface area contributed by atoms with Gasteiger partial charge in [0.15, 0.2) is 0 Å². The van der Waals surface area contributed by atoms with Crippen molar-refractivity contribution in [3.63, 3.8) is 0 Å². The van der Waals surface area contributed by atoms with Crippen LogP contribution in [0.1, 0.15) is 69.8 Å². The van der Waals surface area contributed by atoms with Crippen LogP contribution < -0.4 is 10.6 Å². The van der Waals surface area contributed by atoms with Crippen molar-refractivity contribution in [3.8, 4) is 0 Å². The Morgan fingerprint density at radius 1 is 0.909 bits per heavy atom. The molecule has 7 nitrogen and oxygen atoms in total. The van der Waals surface area contributed by atoms with Crippen LogP contribution in [0.15, 0.2) is 24.3 Å². The number of benzene rings is 1. The van der Waals surface area contributed by atoms with Gasteiger partial charge in [-0.2, -0.15) is 0 Å². The standard InChI is InChI=1S/C26H33N3O4/c30-22(28-21-5-3-17(4-6-21)16-29-23(31)7-8-24(29)32)2-1-9-27-25(33)26-13-18-10-19(14-26)12-20(11-18)15-26/h3-6,18-20H,1-2,7-16H2,(H,27,33)(H,28,30). The number of likely N-dealkylation sites (tertiary alicyclic amines) is 1. The maximum absolute atomic E-state index is 13.0. The fraction of sp³-hybridized carbons (Fsp3) is 0.615. The topological polar surface area (TPSA) is 95.6 Å². The highest BCUT2D eigenvalue weighted by molar-refractivity contribution is 6.01. The highest BCUT2D eigenvalue weighted by Crippen LogP contribution is 2.60. The van der Waals surface area contributed by atoms with E-state index in [4.69, 9.17) is 0 Å². The Kier molecular flexibility index (Phi) is 5.97. The molecule has 0 aromatic heterocycles. The molecule has 5 fully saturated rings. The minimum Gasteiger partial charge on any atom is -0.356 e. The molecule has 176 valence electrons. The Labute approximate surface area is 194 Å². The van der Waals surface area contributed by atoms with Crippen LogP contribution in [-0.2, 0) is 25.7 Å². The first-order valence-corrected chi connectivity index (χ1v) is 12.4. The Hall–Kier alpha value is -2.70. The molecule has 1 aliphatic heterocycles. The summed E-state index contributed by atoms with van der Waals surface area (Å²) in [6.07, 6.45) is 8.67. The van der Waals surface area contributed by atoms with Crippen molar-refractivity contribution in [1.82, 2.24) is 10.2 Å². The molecule has 4 aliphatic carbocycles. The third kappa shape index (κ3) is 4.68. The second kappa shape index (κ2) is 8.92. The van der Waals surface area contributed by atoms with E-state index >= 15 is 0 Å². The molecule has 33 heavy (non-hydrogen) atoms. The van der Waals surface area contributed by atoms with Gasteiger partial charge >= 0.3 is 0 Å². The molecule has 4 amide bonds. The van der Waals surface area contributed by atoms with Crippen molar-refractivity contribution >= 4 is 29.3 Å². The fourth-order valence-electron chi connectivity index (χ4n) is 6.93. The smallest absolute Gasteiger partial charge is 0.229 e. The molecule has 6 rings (SSSR count). The average molecular weight is 452 g/mol. The van der Waals surface area contributed by atoms with Crippen molar-refractivity contribution in [2.24, 2.45) is 23.2 Å². The van der Waals surface area contributed by atoms with Gasteiger partial charge < -0.3 is 10.6 Å². The second-order valence-corrected chi connectivity index (χ2v) is 10.7. The van der Waals surface area contributed by atoms with E-state index in [1.807, 2.05) is 12.1 Å². The van der Waals surface area contributed by atoms with E-state index in [-0.39, 0.29) is 48.4 Å². The van der Waals surface area contributed by atoms with Crippen LogP contribution in [0, 0.1) is 23.2 Å². The Morgan fingerprint density at radius 2 is 1.48 bits per heavy atom. The number of nitrogens with one attached hydrogen (secondary N) is 2. The van der Waals surface area contributed by atoms with Crippen LogP contribution in [0.3, 0.4) is 0 Å². The first-order chi connectivity index (χ1) is 15.9. The lowest BCUT2D eigenvalue weighted by Crippen LogP contribution is -2.53. The number of carbonyl (C=O) groups is 4. The molecule has 4 bridgehead atoms. The first-order valence-electron chi connectivity index (χ1n) is 12.4. The first kappa shape index (κ1) is 22.1. The molecule has 4 saturated carbocycles. The quantitative estimate of drug-likeness (QED) is 0.468. The number of hydrogen-bond donors (Lipinski definition) is 2. The van der Waals surface area contributed by atoms with Crippen LogP contribution in [0.4, 0.5) is 5.69 Å². The number of anilines is 1. The fourth-order valence-corrected chi connectivity index (χ4v) is 6.93. The molecular weight excluding hydrogens is 418 g/mol. The zero-order valence-electron chi connectivity index (χ0n) is 19.1. The van der Waals surface area contributed by atoms with E-state index in [1.165, 1.54) is 24.2 Å². The van der Waals surface area contributed by atoms with E-state index < -0.39 is 0 Å². The normalized spacial score (nSPS) is 30.1. The lowest BCUT2D eigenvalue weighted by atomic mass is 9.49. The van der Waals surface area contributed by atoms with Gasteiger partial charge in [-0.25, -0.2) is 0 Å². The van der Waals surface area contributed by atoms with Gasteiger partial charge in [0.25, 0.3) is 0 Å². The summed E-state index contributed by atoms with van der Waals surface area (Å²) in [6, 6.07) is 7.21. The third-order valence-corrected chi connectivity index (χ3v) is 8.12. The highest BCUT2D eigenvalue weighted by Gasteiger charge is 2.54. The summed E-state index contributed by atoms with van der Waals surface area (Å²) in [5.41, 5.74) is 1.40. The molecule has 1 aromatic carbocycles. The predicted octanol–water partition coefficient (Wildman–Crippen LogP) is 3.39. The summed E-state index contributed by atoms with van der Waals surface area (Å²) >= 11 is 0. The third-order valence-electron chi connectivity index (χ3n) is 8.12. The van der Waals surface area contributed by atoms with E-state index in [9.17, 15) is 19.2 Å². The van der Waals surface area contributed by atoms with Crippen LogP contribution in [0.25, 0.3) is 0 Å². The number of rotatable bonds is 8. The number of imide groups is 1. The number of nitrogens with zero attached hydrogens (tertiary/aromatic N) is 1. The van der Waals surface area contributed by atoms with Gasteiger partial charge in [-0.3, -0.25) is 24.1 Å². The lowest BCUT2D eigenvalue weighted by molar-refractivity contribution is -0.146. The maximum atomic E-state index is 13.0. The van der Waals surface area contributed by atoms with Gasteiger partial charge in [0, 0.05) is 36.9 Å².